The highest BCUT2D eigenvalue weighted by molar-refractivity contribution is 7.78. The van der Waals surface area contributed by atoms with Gasteiger partial charge in [-0.05, 0) is 30.6 Å². The van der Waals surface area contributed by atoms with Gasteiger partial charge in [-0.15, -0.1) is 13.5 Å². The third-order valence-electron chi connectivity index (χ3n) is 10.0. The van der Waals surface area contributed by atoms with Crippen molar-refractivity contribution in [2.75, 3.05) is 240 Å². The van der Waals surface area contributed by atoms with Crippen LogP contribution in [0.2, 0.25) is 0 Å². The predicted molar refractivity (Wildman–Crippen MR) is 260 cm³/mol. The molecule has 2 bridgehead atoms. The largest absolute Gasteiger partial charge is 0.382 e. The summed E-state index contributed by atoms with van der Waals surface area (Å²) in [4.78, 5) is 0. The molecule has 24 nitrogen and oxygen atoms in total. The number of methoxy groups -OCH3 is 5. The molecule has 0 radical (unpaired) electrons. The van der Waals surface area contributed by atoms with Gasteiger partial charge in [0.05, 0.1) is 205 Å². The first-order valence-corrected chi connectivity index (χ1v) is 28.8. The van der Waals surface area contributed by atoms with Gasteiger partial charge in [-0.25, -0.2) is 0 Å². The van der Waals surface area contributed by atoms with Gasteiger partial charge in [0.2, 0.25) is 0 Å². The van der Waals surface area contributed by atoms with Crippen molar-refractivity contribution in [1.29, 1.82) is 0 Å². The summed E-state index contributed by atoms with van der Waals surface area (Å²) in [6.07, 6.45) is 6.59. The van der Waals surface area contributed by atoms with Crippen LogP contribution in [0.1, 0.15) is 12.8 Å². The summed E-state index contributed by atoms with van der Waals surface area (Å²) in [5, 5.41) is 0. The van der Waals surface area contributed by atoms with Crippen LogP contribution in [0.3, 0.4) is 0 Å². The van der Waals surface area contributed by atoms with Crippen molar-refractivity contribution in [2.24, 2.45) is 31.3 Å². The van der Waals surface area contributed by atoms with Crippen molar-refractivity contribution in [3.63, 3.8) is 0 Å². The van der Waals surface area contributed by atoms with E-state index in [2.05, 4.69) is 12.2 Å². The fourth-order valence-electron chi connectivity index (χ4n) is 6.58. The minimum absolute atomic E-state index is 0.0226. The molecule has 414 valence electrons. The Hall–Kier alpha value is -0.410. The maximum absolute atomic E-state index is 6.93. The molecule has 0 N–H and O–H groups in total. The molecule has 0 amide bonds. The second kappa shape index (κ2) is 42.8. The van der Waals surface area contributed by atoms with Gasteiger partial charge >= 0.3 is 23.0 Å². The molecule has 27 heteroatoms. The average Bonchev–Trinajstić information content (AvgIpc) is 4.00. The Kier molecular flexibility index (Phi) is 39.0. The number of nitrogens with zero attached hydrogens (tertiary/aromatic N) is 3. The summed E-state index contributed by atoms with van der Waals surface area (Å²) in [5.74, 6) is 1.06. The smallest absolute Gasteiger partial charge is 0.349 e. The maximum atomic E-state index is 6.93. The Morgan fingerprint density at radius 2 is 0.543 bits per heavy atom. The third kappa shape index (κ3) is 29.6. The lowest BCUT2D eigenvalue weighted by molar-refractivity contribution is 0.0122. The summed E-state index contributed by atoms with van der Waals surface area (Å²) in [6, 6.07) is 0. The zero-order chi connectivity index (χ0) is 50.0. The van der Waals surface area contributed by atoms with E-state index < -0.39 is 23.0 Å². The van der Waals surface area contributed by atoms with Crippen molar-refractivity contribution < 1.29 is 98.2 Å². The van der Waals surface area contributed by atoms with E-state index >= 15 is 0 Å². The van der Waals surface area contributed by atoms with Crippen molar-refractivity contribution >= 4 is 23.0 Å². The fraction of sp³-hybridized carbons (Fsp3) is 0.953. The summed E-state index contributed by atoms with van der Waals surface area (Å²) in [7, 11) is -3.29. The van der Waals surface area contributed by atoms with E-state index in [0.29, 0.717) is 151 Å². The molecule has 2 aliphatic carbocycles. The Bertz CT molecular complexity index is 1360. The Balaban J connectivity index is 2.00. The van der Waals surface area contributed by atoms with Crippen LogP contribution < -0.4 is 0 Å². The Morgan fingerprint density at radius 1 is 0.300 bits per heavy atom. The molecular formula is C43H86N3O21P3. The molecule has 1 heterocycles. The molecule has 0 aromatic heterocycles. The van der Waals surface area contributed by atoms with Crippen LogP contribution in [-0.4, -0.2) is 240 Å². The Labute approximate surface area is 416 Å². The normalized spacial score (nSPS) is 21.1. The molecule has 4 unspecified atom stereocenters. The SMILES string of the molecule is COCCOCCOCCOP1(OCCOCCOCCOC)=NP(OCCOCCOCCOC)(OCCOCCOCCOC)=NP(OCCOCCOCCOC)(OCC2CC3C=CC2C3)=N1. The Morgan fingerprint density at radius 3 is 0.771 bits per heavy atom. The second-order valence-corrected chi connectivity index (χ2v) is 22.0. The highest BCUT2D eigenvalue weighted by atomic mass is 31.3. The van der Waals surface area contributed by atoms with Crippen molar-refractivity contribution in [3.8, 4) is 0 Å². The number of allylic oxidation sites excluding steroid dienone is 2. The number of rotatable bonds is 53. The van der Waals surface area contributed by atoms with Crippen LogP contribution in [-0.2, 0) is 98.2 Å². The molecule has 3 aliphatic rings. The molecule has 0 aromatic rings. The van der Waals surface area contributed by atoms with Gasteiger partial charge in [-0.1, -0.05) is 12.2 Å². The zero-order valence-electron chi connectivity index (χ0n) is 42.5. The quantitative estimate of drug-likeness (QED) is 0.0413. The fourth-order valence-corrected chi connectivity index (χ4v) is 16.1. The minimum Gasteiger partial charge on any atom is -0.382 e. The van der Waals surface area contributed by atoms with Crippen molar-refractivity contribution in [3.05, 3.63) is 12.2 Å². The van der Waals surface area contributed by atoms with Crippen LogP contribution in [0.25, 0.3) is 0 Å². The molecule has 1 aliphatic heterocycles. The predicted octanol–water partition coefficient (Wildman–Crippen LogP) is 5.55. The lowest BCUT2D eigenvalue weighted by atomic mass is 9.95. The lowest BCUT2D eigenvalue weighted by Gasteiger charge is -2.34. The van der Waals surface area contributed by atoms with E-state index in [1.54, 1.807) is 35.5 Å². The minimum atomic E-state index is -3.81. The van der Waals surface area contributed by atoms with Gasteiger partial charge in [0, 0.05) is 35.5 Å². The van der Waals surface area contributed by atoms with Gasteiger partial charge in [0.25, 0.3) is 0 Å². The van der Waals surface area contributed by atoms with Crippen LogP contribution in [0.5, 0.6) is 0 Å². The van der Waals surface area contributed by atoms with Gasteiger partial charge in [-0.2, -0.15) is 0 Å². The number of hydrogen-bond donors (Lipinski definition) is 0. The van der Waals surface area contributed by atoms with Gasteiger partial charge in [0.15, 0.2) is 0 Å². The number of fused-ring (bicyclic) bond motifs is 2. The molecule has 4 atom stereocenters. The summed E-state index contributed by atoms with van der Waals surface area (Å²) in [6.45, 7) is 9.40. The van der Waals surface area contributed by atoms with E-state index in [0.717, 1.165) is 12.8 Å². The van der Waals surface area contributed by atoms with Gasteiger partial charge in [-0.3, -0.25) is 0 Å². The molecule has 0 aromatic carbocycles. The van der Waals surface area contributed by atoms with Gasteiger partial charge in [0.1, 0.15) is 0 Å². The molecule has 0 spiro atoms. The zero-order valence-corrected chi connectivity index (χ0v) is 45.2. The molecule has 1 fully saturated rings. The summed E-state index contributed by atoms with van der Waals surface area (Å²) >= 11 is 0. The monoisotopic (exact) mass is 1070 g/mol. The molecular weight excluding hydrogens is 987 g/mol. The first-order valence-electron chi connectivity index (χ1n) is 24.2. The first kappa shape index (κ1) is 63.9. The third-order valence-corrected chi connectivity index (χ3v) is 18.5. The van der Waals surface area contributed by atoms with E-state index in [1.165, 1.54) is 0 Å². The highest BCUT2D eigenvalue weighted by Gasteiger charge is 2.45. The van der Waals surface area contributed by atoms with E-state index in [9.17, 15) is 0 Å². The van der Waals surface area contributed by atoms with E-state index in [1.807, 2.05) is 0 Å². The maximum Gasteiger partial charge on any atom is 0.349 e. The van der Waals surface area contributed by atoms with E-state index in [4.69, 9.17) is 112 Å². The van der Waals surface area contributed by atoms with Crippen LogP contribution >= 0.6 is 23.0 Å². The van der Waals surface area contributed by atoms with Crippen molar-refractivity contribution in [1.82, 2.24) is 0 Å². The number of ether oxygens (including phenoxy) is 15. The van der Waals surface area contributed by atoms with Gasteiger partial charge < -0.3 is 98.2 Å². The molecule has 70 heavy (non-hydrogen) atoms. The highest BCUT2D eigenvalue weighted by Crippen LogP contribution is 2.80. The standard InChI is InChI=1S/C43H86N3O21P3/c1-47-8-13-52-18-23-57-28-33-62-68(63-34-29-58-24-19-53-14-9-48-2)44-69(64-35-30-59-25-20-54-15-10-49-3,65-36-31-60-26-21-55-16-11-50-4)46-70(45-68,66-37-32-61-27-22-56-17-12-51-5)67-40-43-39-41-6-7-42(43)38-41/h6-7,41-43H,8-40H2,1-5H3. The van der Waals surface area contributed by atoms with Crippen molar-refractivity contribution in [2.45, 2.75) is 12.8 Å². The molecule has 3 rings (SSSR count). The second-order valence-electron chi connectivity index (χ2n) is 15.3. The molecule has 0 saturated heterocycles. The number of hydrogen-bond acceptors (Lipinski definition) is 24. The van der Waals surface area contributed by atoms with Crippen LogP contribution in [0, 0.1) is 17.8 Å². The summed E-state index contributed by atoms with van der Waals surface area (Å²) < 4.78 is 139. The first-order chi connectivity index (χ1) is 34.5. The van der Waals surface area contributed by atoms with Crippen LogP contribution in [0.4, 0.5) is 0 Å². The van der Waals surface area contributed by atoms with E-state index in [-0.39, 0.29) is 72.0 Å². The topological polar surface area (TPSA) is 231 Å². The van der Waals surface area contributed by atoms with Crippen LogP contribution in [0.15, 0.2) is 25.7 Å². The average molecular weight is 1070 g/mol. The summed E-state index contributed by atoms with van der Waals surface area (Å²) in [5.41, 5.74) is 0. The lowest BCUT2D eigenvalue weighted by Crippen LogP contribution is -2.17. The molecule has 1 saturated carbocycles.